The number of amides is 1. The van der Waals surface area contributed by atoms with Crippen LogP contribution < -0.4 is 5.32 Å². The van der Waals surface area contributed by atoms with Gasteiger partial charge < -0.3 is 10.3 Å². The van der Waals surface area contributed by atoms with Gasteiger partial charge in [-0.3, -0.25) is 4.79 Å². The minimum Gasteiger partial charge on any atom is -0.346 e. The monoisotopic (exact) mass is 550 g/mol. The molecule has 5 rings (SSSR count). The van der Waals surface area contributed by atoms with Crippen molar-refractivity contribution in [3.63, 3.8) is 0 Å². The van der Waals surface area contributed by atoms with Crippen molar-refractivity contribution in [1.29, 1.82) is 0 Å². The molecule has 7 nitrogen and oxygen atoms in total. The molecule has 0 spiro atoms. The summed E-state index contributed by atoms with van der Waals surface area (Å²) < 4.78 is 56.9. The minimum absolute atomic E-state index is 0.0918. The lowest BCUT2D eigenvalue weighted by molar-refractivity contribution is -0.140. The summed E-state index contributed by atoms with van der Waals surface area (Å²) in [6.45, 7) is 5.64. The van der Waals surface area contributed by atoms with E-state index in [0.29, 0.717) is 23.9 Å². The third kappa shape index (κ3) is 5.58. The van der Waals surface area contributed by atoms with Crippen molar-refractivity contribution in [1.82, 2.24) is 25.0 Å². The van der Waals surface area contributed by atoms with Crippen LogP contribution in [-0.4, -0.2) is 30.9 Å². The van der Waals surface area contributed by atoms with Gasteiger partial charge in [-0.1, -0.05) is 25.1 Å². The Morgan fingerprint density at radius 1 is 1.12 bits per heavy atom. The number of aromatic amines is 1. The summed E-state index contributed by atoms with van der Waals surface area (Å²) in [5.74, 6) is -1.78. The number of fused-ring (bicyclic) bond motifs is 1. The third-order valence-electron chi connectivity index (χ3n) is 6.61. The van der Waals surface area contributed by atoms with Crippen LogP contribution in [0.1, 0.15) is 47.3 Å². The van der Waals surface area contributed by atoms with Crippen molar-refractivity contribution in [3.05, 3.63) is 89.1 Å². The first-order valence-electron chi connectivity index (χ1n) is 12.7. The van der Waals surface area contributed by atoms with E-state index >= 15 is 0 Å². The van der Waals surface area contributed by atoms with E-state index in [1.807, 2.05) is 32.9 Å². The summed E-state index contributed by atoms with van der Waals surface area (Å²) in [7, 11) is 0. The highest BCUT2D eigenvalue weighted by molar-refractivity contribution is 6.04. The standard InChI is InChI=1S/C29H26F4N6O/c1-16(2)4-6-18-11-22(13-23(26(18)30)29(31,32)33)36-28(40)20-7-5-17(3)25(12-20)39-15-24(37-38-39)21-10-19-8-9-34-27(19)35-14-21/h5,7-16H,4,6H2,1-3H3,(H,34,35)(H,36,40). The number of hydrogen-bond donors (Lipinski definition) is 2. The molecule has 0 aliphatic carbocycles. The zero-order chi connectivity index (χ0) is 28.6. The van der Waals surface area contributed by atoms with Crippen LogP contribution in [0.4, 0.5) is 23.2 Å². The van der Waals surface area contributed by atoms with Crippen LogP contribution in [0.3, 0.4) is 0 Å². The Labute approximate surface area is 227 Å². The minimum atomic E-state index is -4.90. The molecule has 206 valence electrons. The summed E-state index contributed by atoms with van der Waals surface area (Å²) in [5.41, 5.74) is 2.01. The molecule has 3 heterocycles. The predicted octanol–water partition coefficient (Wildman–Crippen LogP) is 7.12. The van der Waals surface area contributed by atoms with Gasteiger partial charge in [0, 0.05) is 34.6 Å². The van der Waals surface area contributed by atoms with Crippen molar-refractivity contribution in [3.8, 4) is 16.9 Å². The molecule has 40 heavy (non-hydrogen) atoms. The molecule has 0 saturated carbocycles. The Hall–Kier alpha value is -4.54. The lowest BCUT2D eigenvalue weighted by atomic mass is 9.99. The Bertz CT molecular complexity index is 1700. The van der Waals surface area contributed by atoms with E-state index in [-0.39, 0.29) is 29.2 Å². The summed E-state index contributed by atoms with van der Waals surface area (Å²) in [6.07, 6.45) is 0.891. The van der Waals surface area contributed by atoms with Gasteiger partial charge in [-0.05, 0) is 73.2 Å². The van der Waals surface area contributed by atoms with E-state index in [1.54, 1.807) is 36.8 Å². The van der Waals surface area contributed by atoms with Gasteiger partial charge in [0.05, 0.1) is 17.4 Å². The number of alkyl halides is 3. The Morgan fingerprint density at radius 2 is 1.93 bits per heavy atom. The van der Waals surface area contributed by atoms with E-state index in [2.05, 4.69) is 25.6 Å². The van der Waals surface area contributed by atoms with Gasteiger partial charge >= 0.3 is 6.18 Å². The second-order valence-electron chi connectivity index (χ2n) is 10.1. The van der Waals surface area contributed by atoms with Crippen LogP contribution in [-0.2, 0) is 12.6 Å². The second kappa shape index (κ2) is 10.6. The molecule has 3 aromatic heterocycles. The van der Waals surface area contributed by atoms with Crippen molar-refractivity contribution in [2.75, 3.05) is 5.32 Å². The number of aromatic nitrogens is 5. The SMILES string of the molecule is Cc1ccc(C(=O)Nc2cc(CCC(C)C)c(F)c(C(F)(F)F)c2)cc1-n1cc(-c2cnc3[nH]ccc3c2)nn1. The van der Waals surface area contributed by atoms with Gasteiger partial charge in [0.1, 0.15) is 17.2 Å². The molecular weight excluding hydrogens is 524 g/mol. The van der Waals surface area contributed by atoms with Crippen molar-refractivity contribution >= 4 is 22.6 Å². The Morgan fingerprint density at radius 3 is 2.67 bits per heavy atom. The van der Waals surface area contributed by atoms with E-state index < -0.39 is 23.5 Å². The summed E-state index contributed by atoms with van der Waals surface area (Å²) >= 11 is 0. The van der Waals surface area contributed by atoms with Crippen LogP contribution in [0.25, 0.3) is 28.0 Å². The highest BCUT2D eigenvalue weighted by atomic mass is 19.4. The van der Waals surface area contributed by atoms with Crippen LogP contribution >= 0.6 is 0 Å². The number of hydrogen-bond acceptors (Lipinski definition) is 4. The number of anilines is 1. The van der Waals surface area contributed by atoms with E-state index in [0.717, 1.165) is 22.2 Å². The summed E-state index contributed by atoms with van der Waals surface area (Å²) in [5, 5.41) is 11.9. The molecule has 0 fully saturated rings. The number of benzene rings is 2. The topological polar surface area (TPSA) is 88.5 Å². The predicted molar refractivity (Wildman–Crippen MR) is 144 cm³/mol. The first-order valence-corrected chi connectivity index (χ1v) is 12.7. The van der Waals surface area contributed by atoms with Crippen LogP contribution in [0.5, 0.6) is 0 Å². The first-order chi connectivity index (χ1) is 19.0. The van der Waals surface area contributed by atoms with Gasteiger partial charge in [0.2, 0.25) is 0 Å². The largest absolute Gasteiger partial charge is 0.419 e. The smallest absolute Gasteiger partial charge is 0.346 e. The third-order valence-corrected chi connectivity index (χ3v) is 6.61. The molecule has 1 amide bonds. The molecule has 0 radical (unpaired) electrons. The number of carbonyl (C=O) groups is 1. The zero-order valence-electron chi connectivity index (χ0n) is 22.0. The van der Waals surface area contributed by atoms with Crippen LogP contribution in [0, 0.1) is 18.7 Å². The molecule has 5 aromatic rings. The fourth-order valence-electron chi connectivity index (χ4n) is 4.38. The lowest BCUT2D eigenvalue weighted by Crippen LogP contribution is -2.16. The molecule has 0 saturated heterocycles. The average molecular weight is 551 g/mol. The highest BCUT2D eigenvalue weighted by Crippen LogP contribution is 2.35. The number of rotatable bonds is 7. The first kappa shape index (κ1) is 27.0. The molecular formula is C29H26F4N6O. The number of carbonyl (C=O) groups excluding carboxylic acids is 1. The Kier molecular flexibility index (Phi) is 7.14. The van der Waals surface area contributed by atoms with Crippen molar-refractivity contribution in [2.45, 2.75) is 39.8 Å². The van der Waals surface area contributed by atoms with E-state index in [1.165, 1.54) is 10.7 Å². The molecule has 0 bridgehead atoms. The van der Waals surface area contributed by atoms with Gasteiger partial charge in [-0.2, -0.15) is 13.2 Å². The van der Waals surface area contributed by atoms with Crippen LogP contribution in [0.15, 0.2) is 61.1 Å². The zero-order valence-corrected chi connectivity index (χ0v) is 22.0. The van der Waals surface area contributed by atoms with Crippen molar-refractivity contribution in [2.24, 2.45) is 5.92 Å². The normalized spacial score (nSPS) is 11.9. The maximum atomic E-state index is 14.7. The molecule has 2 N–H and O–H groups in total. The quantitative estimate of drug-likeness (QED) is 0.211. The molecule has 0 aliphatic rings. The fourth-order valence-corrected chi connectivity index (χ4v) is 4.38. The van der Waals surface area contributed by atoms with Gasteiger partial charge in [0.15, 0.2) is 0 Å². The van der Waals surface area contributed by atoms with Gasteiger partial charge in [-0.25, -0.2) is 14.1 Å². The summed E-state index contributed by atoms with van der Waals surface area (Å²) in [4.78, 5) is 20.5. The van der Waals surface area contributed by atoms with E-state index in [9.17, 15) is 22.4 Å². The number of pyridine rings is 1. The maximum absolute atomic E-state index is 14.7. The van der Waals surface area contributed by atoms with Crippen molar-refractivity contribution < 1.29 is 22.4 Å². The fraction of sp³-hybridized carbons (Fsp3) is 0.241. The highest BCUT2D eigenvalue weighted by Gasteiger charge is 2.35. The number of nitrogens with zero attached hydrogens (tertiary/aromatic N) is 4. The molecule has 0 aliphatic heterocycles. The molecule has 0 atom stereocenters. The number of H-pyrrole nitrogens is 1. The molecule has 0 unspecified atom stereocenters. The molecule has 11 heteroatoms. The second-order valence-corrected chi connectivity index (χ2v) is 10.1. The maximum Gasteiger partial charge on any atom is 0.419 e. The van der Waals surface area contributed by atoms with Gasteiger partial charge in [-0.15, -0.1) is 5.10 Å². The number of aryl methyl sites for hydroxylation is 2. The summed E-state index contributed by atoms with van der Waals surface area (Å²) in [6, 6.07) is 10.6. The average Bonchev–Trinajstić information content (AvgIpc) is 3.57. The molecule has 2 aromatic carbocycles. The lowest BCUT2D eigenvalue weighted by Gasteiger charge is -2.16. The van der Waals surface area contributed by atoms with Crippen LogP contribution in [0.2, 0.25) is 0 Å². The van der Waals surface area contributed by atoms with E-state index in [4.69, 9.17) is 0 Å². The number of halogens is 4. The van der Waals surface area contributed by atoms with Gasteiger partial charge in [0.25, 0.3) is 5.91 Å². The number of nitrogens with one attached hydrogen (secondary N) is 2. The Balaban J connectivity index is 1.42.